The van der Waals surface area contributed by atoms with Crippen molar-refractivity contribution in [3.8, 4) is 11.3 Å². The van der Waals surface area contributed by atoms with Crippen molar-refractivity contribution in [2.75, 3.05) is 0 Å². The molecule has 25 heavy (non-hydrogen) atoms. The molecule has 2 N–H and O–H groups in total. The van der Waals surface area contributed by atoms with Gasteiger partial charge in [0.15, 0.2) is 0 Å². The van der Waals surface area contributed by atoms with Gasteiger partial charge in [0, 0.05) is 32.5 Å². The van der Waals surface area contributed by atoms with Crippen LogP contribution in [0.15, 0.2) is 48.5 Å². The zero-order valence-corrected chi connectivity index (χ0v) is 16.9. The van der Waals surface area contributed by atoms with Crippen molar-refractivity contribution in [3.63, 3.8) is 0 Å². The maximum Gasteiger partial charge on any atom is 0.0870 e. The second kappa shape index (κ2) is 10.4. The maximum absolute atomic E-state index is 8.56. The van der Waals surface area contributed by atoms with E-state index in [2.05, 4.69) is 16.0 Å². The summed E-state index contributed by atoms with van der Waals surface area (Å²) in [6.45, 7) is 5.30. The average Bonchev–Trinajstić information content (AvgIpc) is 2.54. The van der Waals surface area contributed by atoms with Crippen LogP contribution in [0.3, 0.4) is 0 Å². The number of aryl methyl sites for hydroxylation is 1. The van der Waals surface area contributed by atoms with Gasteiger partial charge < -0.3 is 10.2 Å². The van der Waals surface area contributed by atoms with Gasteiger partial charge in [0.2, 0.25) is 0 Å². The Morgan fingerprint density at radius 3 is 1.96 bits per heavy atom. The fourth-order valence-electron chi connectivity index (χ4n) is 2.38. The van der Waals surface area contributed by atoms with E-state index in [4.69, 9.17) is 10.2 Å². The molecule has 4 nitrogen and oxygen atoms in total. The Bertz CT molecular complexity index is 771. The van der Waals surface area contributed by atoms with Gasteiger partial charge in [-0.15, -0.1) is 35.9 Å². The van der Waals surface area contributed by atoms with Gasteiger partial charge >= 0.3 is 0 Å². The molecular weight excluding hydrogens is 495 g/mol. The number of hydrogen-bond donors (Lipinski definition) is 2. The van der Waals surface area contributed by atoms with Crippen molar-refractivity contribution in [2.24, 2.45) is 0 Å². The van der Waals surface area contributed by atoms with E-state index in [1.807, 2.05) is 55.5 Å². The van der Waals surface area contributed by atoms with Crippen LogP contribution in [-0.4, -0.2) is 32.4 Å². The molecule has 0 amide bonds. The first kappa shape index (κ1) is 21.4. The summed E-state index contributed by atoms with van der Waals surface area (Å²) in [4.78, 5) is 9.22. The minimum absolute atomic E-state index is 0. The second-order valence-electron chi connectivity index (χ2n) is 5.86. The van der Waals surface area contributed by atoms with E-state index in [1.54, 1.807) is 13.8 Å². The number of benzene rings is 2. The second-order valence-corrected chi connectivity index (χ2v) is 5.86. The van der Waals surface area contributed by atoms with Crippen LogP contribution >= 0.6 is 0 Å². The van der Waals surface area contributed by atoms with Crippen LogP contribution in [0.2, 0.25) is 0 Å². The summed E-state index contributed by atoms with van der Waals surface area (Å²) in [5.41, 5.74) is 4.69. The van der Waals surface area contributed by atoms with Crippen molar-refractivity contribution in [1.29, 1.82) is 0 Å². The minimum Gasteiger partial charge on any atom is -0.393 e. The summed E-state index contributed by atoms with van der Waals surface area (Å²) in [7, 11) is 0. The zero-order chi connectivity index (χ0) is 17.5. The van der Waals surface area contributed by atoms with E-state index in [0.717, 1.165) is 28.0 Å². The first-order chi connectivity index (χ1) is 11.5. The molecule has 1 heterocycles. The number of rotatable bonds is 3. The molecule has 0 fully saturated rings. The van der Waals surface area contributed by atoms with Crippen molar-refractivity contribution in [1.82, 2.24) is 9.97 Å². The minimum atomic E-state index is -0.375. The van der Waals surface area contributed by atoms with E-state index in [0.29, 0.717) is 6.42 Å². The van der Waals surface area contributed by atoms with Crippen molar-refractivity contribution < 1.29 is 31.3 Å². The molecule has 0 spiro atoms. The Hall–Kier alpha value is -1.61. The van der Waals surface area contributed by atoms with Crippen LogP contribution < -0.4 is 0 Å². The summed E-state index contributed by atoms with van der Waals surface area (Å²) < 4.78 is 0. The van der Waals surface area contributed by atoms with Gasteiger partial charge in [0.1, 0.15) is 0 Å². The number of nitrogens with zero attached hydrogens (tertiary/aromatic N) is 2. The molecule has 0 aliphatic carbocycles. The fourth-order valence-corrected chi connectivity index (χ4v) is 2.38. The zero-order valence-electron chi connectivity index (χ0n) is 14.6. The van der Waals surface area contributed by atoms with Gasteiger partial charge in [-0.25, -0.2) is 0 Å². The molecule has 2 unspecified atom stereocenters. The molecule has 0 radical (unpaired) electrons. The summed E-state index contributed by atoms with van der Waals surface area (Å²) in [6, 6.07) is 18.9. The third-order valence-electron chi connectivity index (χ3n) is 3.39. The van der Waals surface area contributed by atoms with Crippen LogP contribution in [0.25, 0.3) is 22.3 Å². The largest absolute Gasteiger partial charge is 0.393 e. The van der Waals surface area contributed by atoms with Crippen molar-refractivity contribution in [2.45, 2.75) is 39.4 Å². The molecule has 2 atom stereocenters. The molecule has 3 rings (SSSR count). The molecule has 5 heteroatoms. The predicted molar refractivity (Wildman–Crippen MR) is 96.5 cm³/mol. The third-order valence-corrected chi connectivity index (χ3v) is 3.39. The first-order valence-corrected chi connectivity index (χ1v) is 8.04. The summed E-state index contributed by atoms with van der Waals surface area (Å²) in [5, 5.41) is 17.1. The van der Waals surface area contributed by atoms with Gasteiger partial charge in [-0.2, -0.15) is 0 Å². The van der Waals surface area contributed by atoms with Gasteiger partial charge in [-0.1, -0.05) is 12.1 Å². The Balaban J connectivity index is 0.000000339. The predicted octanol–water partition coefficient (Wildman–Crippen LogP) is 3.54. The van der Waals surface area contributed by atoms with Crippen molar-refractivity contribution in [3.05, 3.63) is 60.3 Å². The van der Waals surface area contributed by atoms with Crippen molar-refractivity contribution >= 4 is 11.0 Å². The molecule has 136 valence electrons. The topological polar surface area (TPSA) is 66.2 Å². The molecule has 3 aromatic rings. The van der Waals surface area contributed by atoms with Crippen LogP contribution in [-0.2, 0) is 21.1 Å². The summed E-state index contributed by atoms with van der Waals surface area (Å²) in [6.07, 6.45) is -0.278. The number of fused-ring (bicyclic) bond motifs is 1. The Morgan fingerprint density at radius 2 is 1.48 bits per heavy atom. The van der Waals surface area contributed by atoms with Crippen LogP contribution in [0.1, 0.15) is 26.0 Å². The van der Waals surface area contributed by atoms with Crippen LogP contribution in [0.4, 0.5) is 0 Å². The number of aliphatic hydroxyl groups is 2. The van der Waals surface area contributed by atoms with Gasteiger partial charge in [-0.05, 0) is 39.3 Å². The van der Waals surface area contributed by atoms with E-state index >= 15 is 0 Å². The summed E-state index contributed by atoms with van der Waals surface area (Å²) in [5.74, 6) is 0. The molecule has 0 aliphatic heterocycles. The smallest absolute Gasteiger partial charge is 0.0870 e. The quantitative estimate of drug-likeness (QED) is 0.521. The number of aliphatic hydroxyl groups excluding tert-OH is 2. The van der Waals surface area contributed by atoms with Gasteiger partial charge in [0.05, 0.1) is 23.2 Å². The van der Waals surface area contributed by atoms with E-state index in [-0.39, 0.29) is 33.3 Å². The molecule has 0 saturated carbocycles. The van der Waals surface area contributed by atoms with Crippen LogP contribution in [0.5, 0.6) is 0 Å². The molecule has 0 saturated heterocycles. The molecule has 1 aromatic heterocycles. The van der Waals surface area contributed by atoms with E-state index < -0.39 is 0 Å². The number of hydrogen-bond acceptors (Lipinski definition) is 4. The molecule has 2 aromatic carbocycles. The molecule has 0 bridgehead atoms. The van der Waals surface area contributed by atoms with Gasteiger partial charge in [-0.3, -0.25) is 9.97 Å². The molecule has 0 aliphatic rings. The Morgan fingerprint density at radius 1 is 0.920 bits per heavy atom. The number of aromatic nitrogens is 2. The summed E-state index contributed by atoms with van der Waals surface area (Å²) >= 11 is 0. The number of para-hydroxylation sites is 2. The monoisotopic (exact) mass is 518 g/mol. The van der Waals surface area contributed by atoms with Gasteiger partial charge in [0.25, 0.3) is 0 Å². The fraction of sp³-hybridized carbons (Fsp3) is 0.300. The Kier molecular flexibility index (Phi) is 8.91. The standard InChI is InChI=1S/C15H11N2.C5H12O2.Pt/c1-11-15(12-7-3-2-4-8-12)17-14-10-6-5-9-13(14)16-11;1-4(6)3-5(2)7;/h2-7,9-10H,1H3;4-7H,3H2,1-2H3;/q-1;;. The average molecular weight is 518 g/mol. The third kappa shape index (κ3) is 6.66. The Labute approximate surface area is 163 Å². The maximum atomic E-state index is 8.56. The SMILES string of the molecule is CC(O)CC(C)O.Cc1nc2ccccc2nc1-c1[c-]cccc1.[Pt]. The first-order valence-electron chi connectivity index (χ1n) is 8.04. The van der Waals surface area contributed by atoms with E-state index in [9.17, 15) is 0 Å². The molecular formula is C20H23N2O2Pt-. The van der Waals surface area contributed by atoms with E-state index in [1.165, 1.54) is 0 Å². The van der Waals surface area contributed by atoms with Crippen LogP contribution in [0, 0.1) is 13.0 Å². The normalized spacial score (nSPS) is 12.5.